The molecule has 0 heterocycles. The first-order chi connectivity index (χ1) is 6.13. The Balaban J connectivity index is 3.69. The van der Waals surface area contributed by atoms with E-state index in [1.165, 1.54) is 0 Å². The average molecular weight is 186 g/mol. The topological polar surface area (TPSA) is 46.3 Å². The molecule has 78 valence electrons. The van der Waals surface area contributed by atoms with Gasteiger partial charge in [-0.15, -0.1) is 0 Å². The van der Waals surface area contributed by atoms with E-state index in [0.29, 0.717) is 19.0 Å². The third kappa shape index (κ3) is 4.88. The smallest absolute Gasteiger partial charge is 0.222 e. The van der Waals surface area contributed by atoms with Gasteiger partial charge in [0.2, 0.25) is 5.91 Å². The highest BCUT2D eigenvalue weighted by molar-refractivity contribution is 5.76. The van der Waals surface area contributed by atoms with Crippen molar-refractivity contribution in [3.63, 3.8) is 0 Å². The average Bonchev–Trinajstić information content (AvgIpc) is 2.15. The van der Waals surface area contributed by atoms with Gasteiger partial charge in [0.05, 0.1) is 0 Å². The van der Waals surface area contributed by atoms with Crippen molar-refractivity contribution in [2.24, 2.45) is 5.73 Å². The maximum Gasteiger partial charge on any atom is 0.222 e. The summed E-state index contributed by atoms with van der Waals surface area (Å²) in [5.41, 5.74) is 5.35. The molecule has 0 aromatic carbocycles. The number of carbonyl (C=O) groups excluding carboxylic acids is 1. The molecule has 0 saturated heterocycles. The summed E-state index contributed by atoms with van der Waals surface area (Å²) in [6.07, 6.45) is 3.51. The van der Waals surface area contributed by atoms with Crippen molar-refractivity contribution < 1.29 is 4.79 Å². The van der Waals surface area contributed by atoms with Gasteiger partial charge >= 0.3 is 0 Å². The lowest BCUT2D eigenvalue weighted by atomic mass is 10.2. The molecule has 0 bridgehead atoms. The first-order valence-corrected chi connectivity index (χ1v) is 5.09. The molecule has 0 aromatic rings. The van der Waals surface area contributed by atoms with Crippen LogP contribution in [0.4, 0.5) is 0 Å². The minimum absolute atomic E-state index is 0.239. The molecule has 0 aliphatic rings. The fourth-order valence-electron chi connectivity index (χ4n) is 1.12. The van der Waals surface area contributed by atoms with Crippen LogP contribution in [0, 0.1) is 0 Å². The summed E-state index contributed by atoms with van der Waals surface area (Å²) >= 11 is 0. The molecule has 0 fully saturated rings. The lowest BCUT2D eigenvalue weighted by Gasteiger charge is -2.23. The first-order valence-electron chi connectivity index (χ1n) is 5.09. The molecule has 3 heteroatoms. The molecule has 0 radical (unpaired) electrons. The van der Waals surface area contributed by atoms with Crippen molar-refractivity contribution in [1.29, 1.82) is 0 Å². The number of unbranched alkanes of at least 4 members (excludes halogenated alkanes) is 1. The SMILES string of the molecule is CCC(C)N(C)C(=O)CCCCN. The lowest BCUT2D eigenvalue weighted by Crippen LogP contribution is -2.34. The van der Waals surface area contributed by atoms with E-state index >= 15 is 0 Å². The number of nitrogens with two attached hydrogens (primary N) is 1. The van der Waals surface area contributed by atoms with Crippen LogP contribution in [0.2, 0.25) is 0 Å². The maximum absolute atomic E-state index is 11.5. The highest BCUT2D eigenvalue weighted by atomic mass is 16.2. The molecule has 0 aliphatic carbocycles. The molecule has 0 rings (SSSR count). The van der Waals surface area contributed by atoms with Gasteiger partial charge in [-0.3, -0.25) is 4.79 Å². The predicted octanol–water partition coefficient (Wildman–Crippen LogP) is 1.37. The summed E-state index contributed by atoms with van der Waals surface area (Å²) in [4.78, 5) is 13.3. The Hall–Kier alpha value is -0.570. The molecule has 1 unspecified atom stereocenters. The molecule has 0 aromatic heterocycles. The van der Waals surface area contributed by atoms with Crippen LogP contribution in [-0.2, 0) is 4.79 Å². The zero-order valence-electron chi connectivity index (χ0n) is 9.05. The fourth-order valence-corrected chi connectivity index (χ4v) is 1.12. The second-order valence-electron chi connectivity index (χ2n) is 3.51. The van der Waals surface area contributed by atoms with E-state index in [2.05, 4.69) is 13.8 Å². The van der Waals surface area contributed by atoms with Crippen molar-refractivity contribution in [3.05, 3.63) is 0 Å². The lowest BCUT2D eigenvalue weighted by molar-refractivity contribution is -0.131. The van der Waals surface area contributed by atoms with Gasteiger partial charge < -0.3 is 10.6 Å². The van der Waals surface area contributed by atoms with Gasteiger partial charge in [0.1, 0.15) is 0 Å². The van der Waals surface area contributed by atoms with Crippen LogP contribution in [0.25, 0.3) is 0 Å². The molecule has 3 nitrogen and oxygen atoms in total. The van der Waals surface area contributed by atoms with Crippen molar-refractivity contribution in [2.75, 3.05) is 13.6 Å². The van der Waals surface area contributed by atoms with Crippen LogP contribution in [0.1, 0.15) is 39.5 Å². The van der Waals surface area contributed by atoms with Crippen LogP contribution in [0.3, 0.4) is 0 Å². The van der Waals surface area contributed by atoms with Crippen LogP contribution >= 0.6 is 0 Å². The van der Waals surface area contributed by atoms with Crippen LogP contribution in [0.15, 0.2) is 0 Å². The zero-order valence-corrected chi connectivity index (χ0v) is 9.05. The van der Waals surface area contributed by atoms with E-state index in [4.69, 9.17) is 5.73 Å². The molecule has 2 N–H and O–H groups in total. The Morgan fingerprint density at radius 2 is 2.08 bits per heavy atom. The van der Waals surface area contributed by atoms with Gasteiger partial charge in [-0.2, -0.15) is 0 Å². The Bertz CT molecular complexity index is 148. The van der Waals surface area contributed by atoms with Crippen molar-refractivity contribution in [3.8, 4) is 0 Å². The second-order valence-corrected chi connectivity index (χ2v) is 3.51. The molecule has 1 atom stereocenters. The number of carbonyl (C=O) groups is 1. The summed E-state index contributed by atoms with van der Waals surface area (Å²) in [7, 11) is 1.87. The number of nitrogens with zero attached hydrogens (tertiary/aromatic N) is 1. The van der Waals surface area contributed by atoms with Gasteiger partial charge in [0, 0.05) is 19.5 Å². The molecule has 13 heavy (non-hydrogen) atoms. The normalized spacial score (nSPS) is 12.6. The van der Waals surface area contributed by atoms with Crippen LogP contribution < -0.4 is 5.73 Å². The van der Waals surface area contributed by atoms with E-state index in [-0.39, 0.29) is 5.91 Å². The summed E-state index contributed by atoms with van der Waals surface area (Å²) in [5, 5.41) is 0. The number of hydrogen-bond acceptors (Lipinski definition) is 2. The van der Waals surface area contributed by atoms with E-state index in [0.717, 1.165) is 19.3 Å². The third-order valence-electron chi connectivity index (χ3n) is 2.49. The van der Waals surface area contributed by atoms with Gasteiger partial charge in [-0.25, -0.2) is 0 Å². The summed E-state index contributed by atoms with van der Waals surface area (Å²) in [6.45, 7) is 4.84. The van der Waals surface area contributed by atoms with E-state index in [9.17, 15) is 4.79 Å². The Labute approximate surface area is 81.3 Å². The molecule has 0 aliphatic heterocycles. The highest BCUT2D eigenvalue weighted by Gasteiger charge is 2.12. The molecule has 1 amide bonds. The highest BCUT2D eigenvalue weighted by Crippen LogP contribution is 2.05. The Kier molecular flexibility index (Phi) is 6.59. The largest absolute Gasteiger partial charge is 0.343 e. The van der Waals surface area contributed by atoms with E-state index < -0.39 is 0 Å². The molecular weight excluding hydrogens is 164 g/mol. The van der Waals surface area contributed by atoms with Crippen LogP contribution in [0.5, 0.6) is 0 Å². The van der Waals surface area contributed by atoms with Gasteiger partial charge in [-0.1, -0.05) is 6.92 Å². The minimum Gasteiger partial charge on any atom is -0.343 e. The number of amides is 1. The monoisotopic (exact) mass is 186 g/mol. The third-order valence-corrected chi connectivity index (χ3v) is 2.49. The predicted molar refractivity (Wildman–Crippen MR) is 55.4 cm³/mol. The first kappa shape index (κ1) is 12.4. The summed E-state index contributed by atoms with van der Waals surface area (Å²) in [5.74, 6) is 0.239. The summed E-state index contributed by atoms with van der Waals surface area (Å²) in [6, 6.07) is 0.352. The molecule has 0 saturated carbocycles. The number of rotatable bonds is 6. The van der Waals surface area contributed by atoms with E-state index in [1.54, 1.807) is 0 Å². The minimum atomic E-state index is 0.239. The standard InChI is InChI=1S/C10H22N2O/c1-4-9(2)12(3)10(13)7-5-6-8-11/h9H,4-8,11H2,1-3H3. The quantitative estimate of drug-likeness (QED) is 0.637. The van der Waals surface area contributed by atoms with Gasteiger partial charge in [-0.05, 0) is 32.7 Å². The zero-order chi connectivity index (χ0) is 10.3. The van der Waals surface area contributed by atoms with Crippen molar-refractivity contribution >= 4 is 5.91 Å². The van der Waals surface area contributed by atoms with Crippen molar-refractivity contribution in [1.82, 2.24) is 4.90 Å². The Morgan fingerprint density at radius 1 is 1.46 bits per heavy atom. The molecular formula is C10H22N2O. The van der Waals surface area contributed by atoms with Gasteiger partial charge in [0.25, 0.3) is 0 Å². The second kappa shape index (κ2) is 6.89. The van der Waals surface area contributed by atoms with Crippen molar-refractivity contribution in [2.45, 2.75) is 45.6 Å². The number of hydrogen-bond donors (Lipinski definition) is 1. The Morgan fingerprint density at radius 3 is 2.54 bits per heavy atom. The maximum atomic E-state index is 11.5. The van der Waals surface area contributed by atoms with E-state index in [1.807, 2.05) is 11.9 Å². The van der Waals surface area contributed by atoms with Gasteiger partial charge in [0.15, 0.2) is 0 Å². The molecule has 0 spiro atoms. The van der Waals surface area contributed by atoms with Crippen LogP contribution in [-0.4, -0.2) is 30.4 Å². The summed E-state index contributed by atoms with van der Waals surface area (Å²) < 4.78 is 0. The fraction of sp³-hybridized carbons (Fsp3) is 0.900.